The van der Waals surface area contributed by atoms with E-state index in [1.54, 1.807) is 35.2 Å². The summed E-state index contributed by atoms with van der Waals surface area (Å²) in [4.78, 5) is 21.8. The Morgan fingerprint density at radius 3 is 2.41 bits per heavy atom. The van der Waals surface area contributed by atoms with Gasteiger partial charge in [0, 0.05) is 56.4 Å². The molecule has 2 aliphatic rings. The zero-order chi connectivity index (χ0) is 23.2. The molecule has 0 bridgehead atoms. The Morgan fingerprint density at radius 2 is 1.65 bits per heavy atom. The number of hydrogen-bond donors (Lipinski definition) is 0. The van der Waals surface area contributed by atoms with E-state index in [-0.39, 0.29) is 36.3 Å². The molecule has 1 fully saturated rings. The number of sulfonamides is 1. The van der Waals surface area contributed by atoms with Crippen molar-refractivity contribution < 1.29 is 13.2 Å². The van der Waals surface area contributed by atoms with Gasteiger partial charge in [-0.2, -0.15) is 4.31 Å². The van der Waals surface area contributed by atoms with Crippen LogP contribution < -0.4 is 0 Å². The van der Waals surface area contributed by atoms with E-state index in [9.17, 15) is 13.2 Å². The minimum atomic E-state index is -3.65. The number of nitrogens with zero attached hydrogens (tertiary/aromatic N) is 4. The lowest BCUT2D eigenvalue weighted by atomic mass is 10.1. The van der Waals surface area contributed by atoms with Crippen LogP contribution in [-0.2, 0) is 23.0 Å². The molecule has 0 N–H and O–H groups in total. The van der Waals surface area contributed by atoms with Gasteiger partial charge in [0.05, 0.1) is 4.90 Å². The molecule has 5 rings (SSSR count). The number of pyridine rings is 1. The Balaban J connectivity index is 0.00000274. The molecule has 1 saturated heterocycles. The zero-order valence-electron chi connectivity index (χ0n) is 18.8. The molecule has 1 amide bonds. The molecule has 0 atom stereocenters. The number of piperazine rings is 1. The van der Waals surface area contributed by atoms with Gasteiger partial charge in [0.1, 0.15) is 5.69 Å². The minimum absolute atomic E-state index is 0. The topological polar surface area (TPSA) is 73.8 Å². The highest BCUT2D eigenvalue weighted by Crippen LogP contribution is 2.25. The number of rotatable bonds is 3. The largest absolute Gasteiger partial charge is 0.335 e. The molecule has 1 aromatic heterocycles. The highest BCUT2D eigenvalue weighted by atomic mass is 35.5. The fourth-order valence-corrected chi connectivity index (χ4v) is 6.11. The van der Waals surface area contributed by atoms with Crippen LogP contribution in [0.25, 0.3) is 10.8 Å². The number of likely N-dealkylation sites (N-methyl/N-ethyl adjacent to an activating group) is 1. The molecule has 34 heavy (non-hydrogen) atoms. The first-order valence-electron chi connectivity index (χ1n) is 11.0. The van der Waals surface area contributed by atoms with E-state index >= 15 is 0 Å². The standard InChI is InChI=1S/C24H25ClN4O3S.ClH/c1-27-9-8-22-19(16-27)4-7-23(26-22)24(30)28-10-12-29(13-11-28)33(31,32)21-6-3-17-14-20(25)5-2-18(17)15-21;/h2-7,14-15H,8-13,16H2,1H3;1H. The van der Waals surface area contributed by atoms with Crippen molar-refractivity contribution in [1.82, 2.24) is 19.1 Å². The second kappa shape index (κ2) is 9.79. The maximum Gasteiger partial charge on any atom is 0.272 e. The lowest BCUT2D eigenvalue weighted by Gasteiger charge is -2.34. The van der Waals surface area contributed by atoms with Crippen LogP contribution in [0.2, 0.25) is 5.02 Å². The Bertz CT molecular complexity index is 1340. The van der Waals surface area contributed by atoms with Crippen molar-refractivity contribution in [3.05, 3.63) is 70.5 Å². The average Bonchev–Trinajstić information content (AvgIpc) is 2.83. The maximum atomic E-state index is 13.2. The number of carbonyl (C=O) groups is 1. The predicted molar refractivity (Wildman–Crippen MR) is 135 cm³/mol. The summed E-state index contributed by atoms with van der Waals surface area (Å²) in [5.41, 5.74) is 2.58. The van der Waals surface area contributed by atoms with Crippen LogP contribution in [0.4, 0.5) is 0 Å². The Labute approximate surface area is 210 Å². The summed E-state index contributed by atoms with van der Waals surface area (Å²) in [6.07, 6.45) is 0.830. The van der Waals surface area contributed by atoms with Crippen molar-refractivity contribution in [3.8, 4) is 0 Å². The molecule has 2 aromatic carbocycles. The Morgan fingerprint density at radius 1 is 0.941 bits per heavy atom. The van der Waals surface area contributed by atoms with E-state index < -0.39 is 10.0 Å². The van der Waals surface area contributed by atoms with Crippen molar-refractivity contribution in [2.75, 3.05) is 39.8 Å². The van der Waals surface area contributed by atoms with Gasteiger partial charge < -0.3 is 9.80 Å². The van der Waals surface area contributed by atoms with E-state index in [0.717, 1.165) is 41.5 Å². The van der Waals surface area contributed by atoms with Crippen LogP contribution in [0.1, 0.15) is 21.7 Å². The van der Waals surface area contributed by atoms with Crippen LogP contribution in [0.15, 0.2) is 53.4 Å². The number of fused-ring (bicyclic) bond motifs is 2. The third-order valence-electron chi connectivity index (χ3n) is 6.40. The van der Waals surface area contributed by atoms with Crippen LogP contribution in [-0.4, -0.2) is 73.2 Å². The van der Waals surface area contributed by atoms with E-state index in [4.69, 9.17) is 11.6 Å². The average molecular weight is 521 g/mol. The van der Waals surface area contributed by atoms with Crippen molar-refractivity contribution >= 4 is 50.7 Å². The number of amides is 1. The first-order chi connectivity index (χ1) is 15.8. The van der Waals surface area contributed by atoms with Crippen molar-refractivity contribution in [3.63, 3.8) is 0 Å². The summed E-state index contributed by atoms with van der Waals surface area (Å²) in [6, 6.07) is 14.2. The van der Waals surface area contributed by atoms with Gasteiger partial charge in [0.25, 0.3) is 5.91 Å². The Hall–Kier alpha value is -2.23. The van der Waals surface area contributed by atoms with Crippen LogP contribution in [0.5, 0.6) is 0 Å². The van der Waals surface area contributed by atoms with E-state index in [1.807, 2.05) is 18.2 Å². The van der Waals surface area contributed by atoms with E-state index in [1.165, 1.54) is 4.31 Å². The normalized spacial score (nSPS) is 17.3. The molecule has 10 heteroatoms. The first-order valence-corrected chi connectivity index (χ1v) is 12.8. The van der Waals surface area contributed by atoms with Gasteiger partial charge in [0.15, 0.2) is 0 Å². The van der Waals surface area contributed by atoms with Crippen molar-refractivity contribution in [2.24, 2.45) is 0 Å². The number of benzene rings is 2. The summed E-state index contributed by atoms with van der Waals surface area (Å²) in [7, 11) is -1.58. The van der Waals surface area contributed by atoms with E-state index in [0.29, 0.717) is 23.8 Å². The fraction of sp³-hybridized carbons (Fsp3) is 0.333. The second-order valence-corrected chi connectivity index (χ2v) is 11.0. The molecule has 0 aliphatic carbocycles. The smallest absolute Gasteiger partial charge is 0.272 e. The third kappa shape index (κ3) is 4.78. The SMILES string of the molecule is CN1CCc2nc(C(=O)N3CCN(S(=O)(=O)c4ccc5cc(Cl)ccc5c4)CC3)ccc2C1.Cl. The molecule has 3 heterocycles. The highest BCUT2D eigenvalue weighted by Gasteiger charge is 2.31. The molecule has 2 aliphatic heterocycles. The quantitative estimate of drug-likeness (QED) is 0.528. The molecule has 7 nitrogen and oxygen atoms in total. The fourth-order valence-electron chi connectivity index (χ4n) is 4.47. The molecule has 0 radical (unpaired) electrons. The summed E-state index contributed by atoms with van der Waals surface area (Å²) in [5.74, 6) is -0.142. The summed E-state index contributed by atoms with van der Waals surface area (Å²) >= 11 is 6.03. The van der Waals surface area contributed by atoms with Gasteiger partial charge in [0.2, 0.25) is 10.0 Å². The third-order valence-corrected chi connectivity index (χ3v) is 8.53. The zero-order valence-corrected chi connectivity index (χ0v) is 21.2. The molecule has 0 unspecified atom stereocenters. The van der Waals surface area contributed by atoms with Gasteiger partial charge >= 0.3 is 0 Å². The second-order valence-electron chi connectivity index (χ2n) is 8.64. The summed E-state index contributed by atoms with van der Waals surface area (Å²) < 4.78 is 27.9. The van der Waals surface area contributed by atoms with Crippen LogP contribution in [0.3, 0.4) is 0 Å². The van der Waals surface area contributed by atoms with Crippen molar-refractivity contribution in [1.29, 1.82) is 0 Å². The molecule has 180 valence electrons. The van der Waals surface area contributed by atoms with Gasteiger partial charge in [-0.15, -0.1) is 12.4 Å². The number of carbonyl (C=O) groups excluding carboxylic acids is 1. The molecule has 3 aromatic rings. The van der Waals surface area contributed by atoms with Crippen LogP contribution >= 0.6 is 24.0 Å². The van der Waals surface area contributed by atoms with Gasteiger partial charge in [-0.3, -0.25) is 4.79 Å². The van der Waals surface area contributed by atoms with Gasteiger partial charge in [-0.25, -0.2) is 13.4 Å². The lowest BCUT2D eigenvalue weighted by Crippen LogP contribution is -2.50. The van der Waals surface area contributed by atoms with Crippen LogP contribution in [0, 0.1) is 0 Å². The van der Waals surface area contributed by atoms with E-state index in [2.05, 4.69) is 16.9 Å². The molecule has 0 saturated carbocycles. The highest BCUT2D eigenvalue weighted by molar-refractivity contribution is 7.89. The molecular weight excluding hydrogens is 495 g/mol. The summed E-state index contributed by atoms with van der Waals surface area (Å²) in [6.45, 7) is 2.95. The van der Waals surface area contributed by atoms with Gasteiger partial charge in [-0.05, 0) is 53.7 Å². The lowest BCUT2D eigenvalue weighted by molar-refractivity contribution is 0.0691. The summed E-state index contributed by atoms with van der Waals surface area (Å²) in [5, 5.41) is 2.32. The Kier molecular flexibility index (Phi) is 7.17. The van der Waals surface area contributed by atoms with Gasteiger partial charge in [-0.1, -0.05) is 29.8 Å². The van der Waals surface area contributed by atoms with Crippen molar-refractivity contribution in [2.45, 2.75) is 17.9 Å². The first kappa shape index (κ1) is 24.9. The number of hydrogen-bond acceptors (Lipinski definition) is 5. The number of aromatic nitrogens is 1. The maximum absolute atomic E-state index is 13.2. The number of halogens is 2. The molecular formula is C24H26Cl2N4O3S. The minimum Gasteiger partial charge on any atom is -0.335 e. The predicted octanol–water partition coefficient (Wildman–Crippen LogP) is 3.44. The monoisotopic (exact) mass is 520 g/mol. The molecule has 0 spiro atoms.